The molecule has 1 aromatic heterocycles. The molecule has 0 saturated heterocycles. The number of aromatic nitrogens is 2. The molecule has 1 unspecified atom stereocenters. The average molecular weight is 402 g/mol. The summed E-state index contributed by atoms with van der Waals surface area (Å²) < 4.78 is 28.0. The van der Waals surface area contributed by atoms with E-state index >= 15 is 0 Å². The first-order valence-corrected chi connectivity index (χ1v) is 10.2. The number of hydrogen-bond donors (Lipinski definition) is 3. The van der Waals surface area contributed by atoms with Gasteiger partial charge in [-0.15, -0.1) is 0 Å². The number of H-pyrrole nitrogens is 2. The second-order valence-corrected chi connectivity index (χ2v) is 8.62. The lowest BCUT2D eigenvalue weighted by Gasteiger charge is -2.16. The molecule has 8 nitrogen and oxygen atoms in total. The van der Waals surface area contributed by atoms with Crippen LogP contribution in [0.4, 0.5) is 5.69 Å². The number of hydrogen-bond acceptors (Lipinski definition) is 5. The molecule has 1 heterocycles. The average Bonchev–Trinajstić information content (AvgIpc) is 2.61. The molecule has 1 atom stereocenters. The second-order valence-electron chi connectivity index (χ2n) is 6.90. The van der Waals surface area contributed by atoms with Crippen LogP contribution in [0.2, 0.25) is 0 Å². The number of anilines is 1. The van der Waals surface area contributed by atoms with Crippen LogP contribution >= 0.6 is 0 Å². The molecule has 9 heteroatoms. The van der Waals surface area contributed by atoms with Crippen LogP contribution < -0.4 is 20.9 Å². The molecule has 2 aromatic carbocycles. The Kier molecular flexibility index (Phi) is 5.39. The van der Waals surface area contributed by atoms with E-state index in [4.69, 9.17) is 0 Å². The van der Waals surface area contributed by atoms with E-state index in [9.17, 15) is 18.0 Å². The van der Waals surface area contributed by atoms with Gasteiger partial charge in [0.25, 0.3) is 5.56 Å². The van der Waals surface area contributed by atoms with Gasteiger partial charge in [0.1, 0.15) is 0 Å². The molecule has 0 saturated carbocycles. The summed E-state index contributed by atoms with van der Waals surface area (Å²) in [6.45, 7) is 1.78. The van der Waals surface area contributed by atoms with Crippen molar-refractivity contribution >= 4 is 26.6 Å². The number of fused-ring (bicyclic) bond motifs is 1. The Morgan fingerprint density at radius 2 is 1.71 bits per heavy atom. The van der Waals surface area contributed by atoms with Gasteiger partial charge in [0.05, 0.1) is 15.8 Å². The summed E-state index contributed by atoms with van der Waals surface area (Å²) in [7, 11) is 0.0862. The molecule has 0 aliphatic carbocycles. The van der Waals surface area contributed by atoms with Gasteiger partial charge >= 0.3 is 5.69 Å². The monoisotopic (exact) mass is 402 g/mol. The quantitative estimate of drug-likeness (QED) is 0.573. The molecule has 0 amide bonds. The highest BCUT2D eigenvalue weighted by Gasteiger charge is 2.19. The fourth-order valence-corrected chi connectivity index (χ4v) is 4.24. The van der Waals surface area contributed by atoms with Crippen molar-refractivity contribution in [2.45, 2.75) is 24.3 Å². The lowest BCUT2D eigenvalue weighted by Crippen LogP contribution is -2.34. The lowest BCUT2D eigenvalue weighted by molar-refractivity contribution is 0.560. The minimum atomic E-state index is -3.82. The van der Waals surface area contributed by atoms with Crippen molar-refractivity contribution < 1.29 is 8.42 Å². The molecule has 0 spiro atoms. The Bertz CT molecular complexity index is 1210. The molecule has 148 valence electrons. The smallest absolute Gasteiger partial charge is 0.326 e. The molecule has 0 aliphatic rings. The van der Waals surface area contributed by atoms with Crippen molar-refractivity contribution in [3.05, 3.63) is 68.9 Å². The minimum Gasteiger partial charge on any atom is -0.378 e. The summed E-state index contributed by atoms with van der Waals surface area (Å²) in [5, 5.41) is 0.106. The molecular formula is C19H22N4O4S. The minimum absolute atomic E-state index is 0.0349. The van der Waals surface area contributed by atoms with Gasteiger partial charge in [-0.05, 0) is 49.2 Å². The first kappa shape index (κ1) is 19.8. The lowest BCUT2D eigenvalue weighted by atomic mass is 10.1. The summed E-state index contributed by atoms with van der Waals surface area (Å²) in [5.41, 5.74) is 1.08. The van der Waals surface area contributed by atoms with Gasteiger partial charge in [0.2, 0.25) is 10.0 Å². The Morgan fingerprint density at radius 3 is 2.36 bits per heavy atom. The molecule has 0 radical (unpaired) electrons. The molecule has 3 aromatic rings. The van der Waals surface area contributed by atoms with E-state index in [1.165, 1.54) is 18.2 Å². The van der Waals surface area contributed by atoms with E-state index in [0.717, 1.165) is 11.3 Å². The van der Waals surface area contributed by atoms with Crippen molar-refractivity contribution in [3.8, 4) is 0 Å². The third-order valence-corrected chi connectivity index (χ3v) is 5.96. The second kappa shape index (κ2) is 7.61. The van der Waals surface area contributed by atoms with E-state index < -0.39 is 21.3 Å². The number of nitrogens with zero attached hydrogens (tertiary/aromatic N) is 1. The molecule has 28 heavy (non-hydrogen) atoms. The Balaban J connectivity index is 1.80. The van der Waals surface area contributed by atoms with Crippen LogP contribution in [0.25, 0.3) is 10.9 Å². The van der Waals surface area contributed by atoms with Gasteiger partial charge in [-0.2, -0.15) is 0 Å². The van der Waals surface area contributed by atoms with Crippen LogP contribution in [0.15, 0.2) is 56.9 Å². The number of sulfonamides is 1. The SMILES string of the molecule is CC(Cc1ccc(N(C)C)cc1)NS(=O)(=O)c1ccc2[nH]c(=O)[nH]c(=O)c2c1. The summed E-state index contributed by atoms with van der Waals surface area (Å²) >= 11 is 0. The number of aromatic amines is 2. The van der Waals surface area contributed by atoms with Crippen LogP contribution in [0.3, 0.4) is 0 Å². The first-order chi connectivity index (χ1) is 13.2. The van der Waals surface area contributed by atoms with E-state index in [2.05, 4.69) is 14.7 Å². The molecule has 3 N–H and O–H groups in total. The zero-order chi connectivity index (χ0) is 20.5. The van der Waals surface area contributed by atoms with Crippen LogP contribution in [0, 0.1) is 0 Å². The maximum absolute atomic E-state index is 12.7. The topological polar surface area (TPSA) is 115 Å². The highest BCUT2D eigenvalue weighted by Crippen LogP contribution is 2.16. The van der Waals surface area contributed by atoms with Crippen molar-refractivity contribution in [2.24, 2.45) is 0 Å². The van der Waals surface area contributed by atoms with E-state index in [1.54, 1.807) is 6.92 Å². The zero-order valence-electron chi connectivity index (χ0n) is 15.8. The van der Waals surface area contributed by atoms with Gasteiger partial charge in [-0.3, -0.25) is 9.78 Å². The maximum Gasteiger partial charge on any atom is 0.326 e. The van der Waals surface area contributed by atoms with Crippen molar-refractivity contribution in [1.82, 2.24) is 14.7 Å². The van der Waals surface area contributed by atoms with Crippen LogP contribution in [-0.2, 0) is 16.4 Å². The highest BCUT2D eigenvalue weighted by atomic mass is 32.2. The largest absolute Gasteiger partial charge is 0.378 e. The third kappa shape index (κ3) is 4.32. The molecular weight excluding hydrogens is 380 g/mol. The Labute approximate surface area is 162 Å². The number of nitrogens with one attached hydrogen (secondary N) is 3. The molecule has 0 fully saturated rings. The zero-order valence-corrected chi connectivity index (χ0v) is 16.6. The Hall–Kier alpha value is -2.91. The summed E-state index contributed by atoms with van der Waals surface area (Å²) in [4.78, 5) is 29.8. The maximum atomic E-state index is 12.7. The van der Waals surface area contributed by atoms with Gasteiger partial charge in [0, 0.05) is 25.8 Å². The van der Waals surface area contributed by atoms with Gasteiger partial charge in [-0.1, -0.05) is 12.1 Å². The fourth-order valence-electron chi connectivity index (χ4n) is 2.97. The van der Waals surface area contributed by atoms with E-state index in [-0.39, 0.29) is 21.8 Å². The van der Waals surface area contributed by atoms with Crippen molar-refractivity contribution in [1.29, 1.82) is 0 Å². The van der Waals surface area contributed by atoms with Crippen LogP contribution in [0.5, 0.6) is 0 Å². The predicted octanol–water partition coefficient (Wildman–Crippen LogP) is 1.19. The third-order valence-electron chi connectivity index (χ3n) is 4.37. The van der Waals surface area contributed by atoms with E-state index in [1.807, 2.05) is 43.3 Å². The van der Waals surface area contributed by atoms with Crippen molar-refractivity contribution in [3.63, 3.8) is 0 Å². The molecule has 0 aliphatic heterocycles. The summed E-state index contributed by atoms with van der Waals surface area (Å²) in [5.74, 6) is 0. The number of benzene rings is 2. The normalized spacial score (nSPS) is 12.8. The standard InChI is InChI=1S/C19H22N4O4S/c1-12(10-13-4-6-14(7-5-13)23(2)3)22-28(26,27)15-8-9-17-16(11-15)18(24)21-19(25)20-17/h4-9,11-12,22H,10H2,1-3H3,(H2,20,21,24,25). The fraction of sp³-hybridized carbons (Fsp3) is 0.263. The Morgan fingerprint density at radius 1 is 1.04 bits per heavy atom. The van der Waals surface area contributed by atoms with E-state index in [0.29, 0.717) is 6.42 Å². The van der Waals surface area contributed by atoms with Gasteiger partial charge < -0.3 is 9.88 Å². The van der Waals surface area contributed by atoms with Crippen molar-refractivity contribution in [2.75, 3.05) is 19.0 Å². The molecule has 3 rings (SSSR count). The van der Waals surface area contributed by atoms with Gasteiger partial charge in [0.15, 0.2) is 0 Å². The summed E-state index contributed by atoms with van der Waals surface area (Å²) in [6, 6.07) is 11.6. The highest BCUT2D eigenvalue weighted by molar-refractivity contribution is 7.89. The predicted molar refractivity (Wildman–Crippen MR) is 109 cm³/mol. The first-order valence-electron chi connectivity index (χ1n) is 8.71. The van der Waals surface area contributed by atoms with Crippen LogP contribution in [0.1, 0.15) is 12.5 Å². The van der Waals surface area contributed by atoms with Crippen LogP contribution in [-0.4, -0.2) is 38.5 Å². The van der Waals surface area contributed by atoms with Gasteiger partial charge in [-0.25, -0.2) is 17.9 Å². The summed E-state index contributed by atoms with van der Waals surface area (Å²) in [6.07, 6.45) is 0.522. The molecule has 0 bridgehead atoms. The number of rotatable bonds is 6.